The van der Waals surface area contributed by atoms with E-state index in [4.69, 9.17) is 4.74 Å². The zero-order chi connectivity index (χ0) is 26.2. The second kappa shape index (κ2) is 9.69. The normalized spacial score (nSPS) is 18.7. The number of amides is 1. The highest BCUT2D eigenvalue weighted by Crippen LogP contribution is 2.47. The second-order valence-electron chi connectivity index (χ2n) is 10.4. The van der Waals surface area contributed by atoms with Crippen molar-refractivity contribution in [3.63, 3.8) is 0 Å². The highest BCUT2D eigenvalue weighted by atomic mass is 19.1. The Hall–Kier alpha value is -4.19. The number of Topliss-reactive ketones (excluding diaryl/α,β-unsaturated/α-hetero) is 1. The van der Waals surface area contributed by atoms with E-state index in [1.54, 1.807) is 12.1 Å². The van der Waals surface area contributed by atoms with E-state index in [1.165, 1.54) is 12.1 Å². The zero-order valence-electron chi connectivity index (χ0n) is 21.1. The molecule has 0 radical (unpaired) electrons. The Labute approximate surface area is 216 Å². The number of anilines is 1. The molecule has 1 atom stereocenters. The number of carbonyl (C=O) groups is 2. The number of halogens is 1. The van der Waals surface area contributed by atoms with E-state index in [-0.39, 0.29) is 16.9 Å². The van der Waals surface area contributed by atoms with Crippen molar-refractivity contribution in [1.29, 1.82) is 0 Å². The van der Waals surface area contributed by atoms with Gasteiger partial charge >= 0.3 is 0 Å². The maximum absolute atomic E-state index is 14.4. The van der Waals surface area contributed by atoms with Crippen LogP contribution in [0.25, 0.3) is 0 Å². The van der Waals surface area contributed by atoms with E-state index >= 15 is 0 Å². The van der Waals surface area contributed by atoms with Gasteiger partial charge in [-0.2, -0.15) is 0 Å². The molecule has 3 aromatic rings. The van der Waals surface area contributed by atoms with Crippen LogP contribution in [0, 0.1) is 11.2 Å². The standard InChI is InChI=1S/C31H29FN2O3/c1-19-27(30(36)34-24-15-8-7-14-23(24)32)28(29-25(33-19)17-31(2,3)18-26(29)35)20-10-9-13-22(16-20)37-21-11-5-4-6-12-21/h4-16,28,33H,17-18H2,1-3H3,(H,34,36). The number of hydrogen-bond donors (Lipinski definition) is 2. The van der Waals surface area contributed by atoms with Gasteiger partial charge in [-0.15, -0.1) is 0 Å². The lowest BCUT2D eigenvalue weighted by atomic mass is 9.68. The van der Waals surface area contributed by atoms with Gasteiger partial charge in [-0.3, -0.25) is 9.59 Å². The van der Waals surface area contributed by atoms with Crippen LogP contribution in [0.1, 0.15) is 45.1 Å². The quantitative estimate of drug-likeness (QED) is 0.405. The third-order valence-corrected chi connectivity index (χ3v) is 6.78. The number of para-hydroxylation sites is 2. The molecule has 37 heavy (non-hydrogen) atoms. The molecule has 3 aromatic carbocycles. The van der Waals surface area contributed by atoms with Gasteiger partial charge in [-0.25, -0.2) is 4.39 Å². The maximum atomic E-state index is 14.4. The molecule has 5 rings (SSSR count). The fraction of sp³-hybridized carbons (Fsp3) is 0.226. The fourth-order valence-corrected chi connectivity index (χ4v) is 5.20. The molecule has 0 saturated carbocycles. The highest BCUT2D eigenvalue weighted by molar-refractivity contribution is 6.10. The van der Waals surface area contributed by atoms with Gasteiger partial charge in [0.1, 0.15) is 17.3 Å². The summed E-state index contributed by atoms with van der Waals surface area (Å²) in [6.45, 7) is 5.96. The molecule has 2 N–H and O–H groups in total. The number of hydrogen-bond acceptors (Lipinski definition) is 4. The summed E-state index contributed by atoms with van der Waals surface area (Å²) in [7, 11) is 0. The SMILES string of the molecule is CC1=C(C(=O)Nc2ccccc2F)C(c2cccc(Oc3ccccc3)c2)C2=C(CC(C)(C)CC2=O)N1. The monoisotopic (exact) mass is 496 g/mol. The Balaban J connectivity index is 1.59. The van der Waals surface area contributed by atoms with Crippen LogP contribution in [0.2, 0.25) is 0 Å². The molecule has 0 aromatic heterocycles. The van der Waals surface area contributed by atoms with Crippen molar-refractivity contribution in [2.24, 2.45) is 5.41 Å². The minimum absolute atomic E-state index is 0.00169. The van der Waals surface area contributed by atoms with Crippen LogP contribution in [0.5, 0.6) is 11.5 Å². The smallest absolute Gasteiger partial charge is 0.254 e. The predicted octanol–water partition coefficient (Wildman–Crippen LogP) is 6.86. The predicted molar refractivity (Wildman–Crippen MR) is 142 cm³/mol. The molecule has 5 nitrogen and oxygen atoms in total. The van der Waals surface area contributed by atoms with E-state index < -0.39 is 17.6 Å². The molecule has 6 heteroatoms. The molecule has 0 bridgehead atoms. The van der Waals surface area contributed by atoms with Gasteiger partial charge in [0.2, 0.25) is 0 Å². The lowest BCUT2D eigenvalue weighted by molar-refractivity contribution is -0.118. The average molecular weight is 497 g/mol. The van der Waals surface area contributed by atoms with Gasteiger partial charge in [-0.05, 0) is 60.7 Å². The Kier molecular flexibility index (Phi) is 6.42. The number of ether oxygens (including phenoxy) is 1. The lowest BCUT2D eigenvalue weighted by Gasteiger charge is -2.39. The Morgan fingerprint density at radius 2 is 1.68 bits per heavy atom. The molecule has 0 fully saturated rings. The van der Waals surface area contributed by atoms with Crippen molar-refractivity contribution in [2.45, 2.75) is 39.5 Å². The van der Waals surface area contributed by atoms with Crippen molar-refractivity contribution in [3.05, 3.63) is 113 Å². The van der Waals surface area contributed by atoms with Gasteiger partial charge in [0.15, 0.2) is 5.78 Å². The van der Waals surface area contributed by atoms with Gasteiger partial charge in [0.05, 0.1) is 5.69 Å². The minimum atomic E-state index is -0.619. The summed E-state index contributed by atoms with van der Waals surface area (Å²) in [6.07, 6.45) is 1.07. The molecule has 1 amide bonds. The van der Waals surface area contributed by atoms with Crippen LogP contribution in [-0.2, 0) is 9.59 Å². The molecule has 2 aliphatic rings. The minimum Gasteiger partial charge on any atom is -0.457 e. The molecule has 0 saturated heterocycles. The molecule has 0 spiro atoms. The van der Waals surface area contributed by atoms with Crippen molar-refractivity contribution >= 4 is 17.4 Å². The van der Waals surface area contributed by atoms with Crippen LogP contribution in [0.15, 0.2) is 101 Å². The number of nitrogens with one attached hydrogen (secondary N) is 2. The summed E-state index contributed by atoms with van der Waals surface area (Å²) in [6, 6.07) is 22.9. The maximum Gasteiger partial charge on any atom is 0.254 e. The van der Waals surface area contributed by atoms with Gasteiger partial charge in [-0.1, -0.05) is 56.3 Å². The van der Waals surface area contributed by atoms with Gasteiger partial charge in [0, 0.05) is 34.9 Å². The number of benzene rings is 3. The second-order valence-corrected chi connectivity index (χ2v) is 10.4. The first-order valence-electron chi connectivity index (χ1n) is 12.3. The highest BCUT2D eigenvalue weighted by Gasteiger charge is 2.42. The van der Waals surface area contributed by atoms with Crippen LogP contribution < -0.4 is 15.4 Å². The number of rotatable bonds is 5. The summed E-state index contributed by atoms with van der Waals surface area (Å²) < 4.78 is 20.4. The molecular formula is C31H29FN2O3. The molecular weight excluding hydrogens is 467 g/mol. The summed E-state index contributed by atoms with van der Waals surface area (Å²) in [5.41, 5.74) is 3.08. The fourth-order valence-electron chi connectivity index (χ4n) is 5.20. The van der Waals surface area contributed by atoms with Crippen molar-refractivity contribution in [1.82, 2.24) is 5.32 Å². The Morgan fingerprint density at radius 1 is 0.973 bits per heavy atom. The van der Waals surface area contributed by atoms with Crippen LogP contribution in [0.3, 0.4) is 0 Å². The van der Waals surface area contributed by atoms with Crippen molar-refractivity contribution < 1.29 is 18.7 Å². The lowest BCUT2D eigenvalue weighted by Crippen LogP contribution is -2.39. The van der Waals surface area contributed by atoms with Crippen molar-refractivity contribution in [3.8, 4) is 11.5 Å². The van der Waals surface area contributed by atoms with Crippen LogP contribution >= 0.6 is 0 Å². The van der Waals surface area contributed by atoms with E-state index in [1.807, 2.05) is 61.5 Å². The third kappa shape index (κ3) is 5.05. The van der Waals surface area contributed by atoms with Crippen molar-refractivity contribution in [2.75, 3.05) is 5.32 Å². The average Bonchev–Trinajstić information content (AvgIpc) is 2.84. The molecule has 1 unspecified atom stereocenters. The first kappa shape index (κ1) is 24.5. The van der Waals surface area contributed by atoms with E-state index in [0.29, 0.717) is 41.2 Å². The molecule has 1 aliphatic heterocycles. The first-order chi connectivity index (χ1) is 17.7. The van der Waals surface area contributed by atoms with E-state index in [2.05, 4.69) is 24.5 Å². The van der Waals surface area contributed by atoms with Crippen LogP contribution in [0.4, 0.5) is 10.1 Å². The number of carbonyl (C=O) groups excluding carboxylic acids is 2. The number of ketones is 1. The summed E-state index contributed by atoms with van der Waals surface area (Å²) in [4.78, 5) is 27.2. The molecule has 188 valence electrons. The van der Waals surface area contributed by atoms with Crippen LogP contribution in [-0.4, -0.2) is 11.7 Å². The summed E-state index contributed by atoms with van der Waals surface area (Å²) >= 11 is 0. The van der Waals surface area contributed by atoms with E-state index in [0.717, 1.165) is 11.3 Å². The van der Waals surface area contributed by atoms with Gasteiger partial charge < -0.3 is 15.4 Å². The number of allylic oxidation sites excluding steroid dienone is 3. The Bertz CT molecular complexity index is 1440. The molecule has 1 heterocycles. The number of dihydropyridines is 1. The zero-order valence-corrected chi connectivity index (χ0v) is 21.1. The van der Waals surface area contributed by atoms with Gasteiger partial charge in [0.25, 0.3) is 5.91 Å². The first-order valence-corrected chi connectivity index (χ1v) is 12.3. The Morgan fingerprint density at radius 3 is 2.43 bits per heavy atom. The summed E-state index contributed by atoms with van der Waals surface area (Å²) in [5, 5.41) is 6.06. The largest absolute Gasteiger partial charge is 0.457 e. The molecule has 1 aliphatic carbocycles. The topological polar surface area (TPSA) is 67.4 Å². The third-order valence-electron chi connectivity index (χ3n) is 6.78. The van der Waals surface area contributed by atoms with E-state index in [9.17, 15) is 14.0 Å². The summed E-state index contributed by atoms with van der Waals surface area (Å²) in [5.74, 6) is -0.321.